The molecule has 94 valence electrons. The highest BCUT2D eigenvalue weighted by Crippen LogP contribution is 2.26. The Balaban J connectivity index is 2.28. The van der Waals surface area contributed by atoms with Gasteiger partial charge >= 0.3 is 0 Å². The van der Waals surface area contributed by atoms with Gasteiger partial charge in [0.25, 0.3) is 0 Å². The van der Waals surface area contributed by atoms with Crippen molar-refractivity contribution >= 4 is 28.7 Å². The molecule has 0 radical (unpaired) electrons. The minimum Gasteiger partial charge on any atom is -0.288 e. The molecule has 2 aromatic rings. The molecule has 0 spiro atoms. The number of benzene rings is 1. The molecule has 0 aliphatic rings. The Morgan fingerprint density at radius 2 is 1.67 bits per heavy atom. The minimum absolute atomic E-state index is 0.0346. The van der Waals surface area contributed by atoms with Crippen LogP contribution in [0.25, 0.3) is 0 Å². The van der Waals surface area contributed by atoms with Gasteiger partial charge < -0.3 is 0 Å². The summed E-state index contributed by atoms with van der Waals surface area (Å²) in [7, 11) is 0. The van der Waals surface area contributed by atoms with E-state index in [1.54, 1.807) is 12.1 Å². The summed E-state index contributed by atoms with van der Waals surface area (Å²) >= 11 is 7.16. The van der Waals surface area contributed by atoms with Gasteiger partial charge in [0.2, 0.25) is 5.78 Å². The molecule has 0 saturated heterocycles. The SMILES string of the molecule is CC(C)(C)c1ccc(C(=O)c2ccc(Cl)s2)cc1. The van der Waals surface area contributed by atoms with Crippen molar-refractivity contribution < 1.29 is 4.79 Å². The largest absolute Gasteiger partial charge is 0.288 e. The maximum absolute atomic E-state index is 12.2. The average Bonchev–Trinajstić information content (AvgIpc) is 2.74. The van der Waals surface area contributed by atoms with Crippen molar-refractivity contribution in [2.24, 2.45) is 0 Å². The van der Waals surface area contributed by atoms with Crippen LogP contribution in [-0.2, 0) is 5.41 Å². The lowest BCUT2D eigenvalue weighted by molar-refractivity contribution is 0.104. The van der Waals surface area contributed by atoms with Gasteiger partial charge in [-0.2, -0.15) is 0 Å². The standard InChI is InChI=1S/C15H15ClOS/c1-15(2,3)11-6-4-10(5-7-11)14(17)12-8-9-13(16)18-12/h4-9H,1-3H3. The van der Waals surface area contributed by atoms with E-state index in [2.05, 4.69) is 20.8 Å². The fraction of sp³-hybridized carbons (Fsp3) is 0.267. The molecule has 18 heavy (non-hydrogen) atoms. The van der Waals surface area contributed by atoms with Gasteiger partial charge in [0.1, 0.15) is 0 Å². The Morgan fingerprint density at radius 1 is 1.06 bits per heavy atom. The van der Waals surface area contributed by atoms with Crippen molar-refractivity contribution in [1.29, 1.82) is 0 Å². The van der Waals surface area contributed by atoms with E-state index >= 15 is 0 Å². The van der Waals surface area contributed by atoms with Crippen molar-refractivity contribution in [2.45, 2.75) is 26.2 Å². The van der Waals surface area contributed by atoms with Crippen LogP contribution in [0, 0.1) is 0 Å². The van der Waals surface area contributed by atoms with Crippen LogP contribution < -0.4 is 0 Å². The summed E-state index contributed by atoms with van der Waals surface area (Å²) in [6.45, 7) is 6.47. The zero-order chi connectivity index (χ0) is 13.3. The van der Waals surface area contributed by atoms with Crippen LogP contribution in [0.2, 0.25) is 4.34 Å². The van der Waals surface area contributed by atoms with Crippen LogP contribution in [0.4, 0.5) is 0 Å². The number of halogens is 1. The number of hydrogen-bond donors (Lipinski definition) is 0. The van der Waals surface area contributed by atoms with Crippen molar-refractivity contribution in [3.8, 4) is 0 Å². The molecule has 2 rings (SSSR count). The van der Waals surface area contributed by atoms with Crippen LogP contribution in [0.1, 0.15) is 41.6 Å². The molecule has 1 aromatic carbocycles. The van der Waals surface area contributed by atoms with Gasteiger partial charge in [-0.3, -0.25) is 4.79 Å². The fourth-order valence-corrected chi connectivity index (χ4v) is 2.71. The molecule has 3 heteroatoms. The first-order valence-corrected chi connectivity index (χ1v) is 6.98. The molecule has 1 nitrogen and oxygen atoms in total. The number of rotatable bonds is 2. The molecule has 0 saturated carbocycles. The lowest BCUT2D eigenvalue weighted by Gasteiger charge is -2.18. The summed E-state index contributed by atoms with van der Waals surface area (Å²) in [6.07, 6.45) is 0. The van der Waals surface area contributed by atoms with E-state index in [1.165, 1.54) is 16.9 Å². The first-order chi connectivity index (χ1) is 8.38. The van der Waals surface area contributed by atoms with Crippen molar-refractivity contribution in [3.05, 3.63) is 56.7 Å². The third-order valence-electron chi connectivity index (χ3n) is 2.81. The second kappa shape index (κ2) is 4.87. The molecule has 1 heterocycles. The van der Waals surface area contributed by atoms with E-state index in [1.807, 2.05) is 24.3 Å². The van der Waals surface area contributed by atoms with E-state index in [-0.39, 0.29) is 11.2 Å². The van der Waals surface area contributed by atoms with E-state index in [4.69, 9.17) is 11.6 Å². The molecule has 0 unspecified atom stereocenters. The summed E-state index contributed by atoms with van der Waals surface area (Å²) in [5.41, 5.74) is 2.04. The Hall–Kier alpha value is -1.12. The predicted octanol–water partition coefficient (Wildman–Crippen LogP) is 4.93. The van der Waals surface area contributed by atoms with Crippen molar-refractivity contribution in [2.75, 3.05) is 0 Å². The highest BCUT2D eigenvalue weighted by atomic mass is 35.5. The summed E-state index contributed by atoms with van der Waals surface area (Å²) in [5, 5.41) is 0. The maximum atomic E-state index is 12.2. The highest BCUT2D eigenvalue weighted by Gasteiger charge is 2.15. The molecule has 0 atom stereocenters. The van der Waals surface area contributed by atoms with Crippen LogP contribution in [-0.4, -0.2) is 5.78 Å². The maximum Gasteiger partial charge on any atom is 0.202 e. The fourth-order valence-electron chi connectivity index (χ4n) is 1.70. The monoisotopic (exact) mass is 278 g/mol. The number of ketones is 1. The van der Waals surface area contributed by atoms with Crippen LogP contribution in [0.5, 0.6) is 0 Å². The summed E-state index contributed by atoms with van der Waals surface area (Å²) in [4.78, 5) is 12.9. The number of hydrogen-bond acceptors (Lipinski definition) is 2. The smallest absolute Gasteiger partial charge is 0.202 e. The van der Waals surface area contributed by atoms with Crippen LogP contribution in [0.15, 0.2) is 36.4 Å². The lowest BCUT2D eigenvalue weighted by atomic mass is 9.86. The third kappa shape index (κ3) is 2.82. The van der Waals surface area contributed by atoms with Gasteiger partial charge in [-0.1, -0.05) is 56.6 Å². The zero-order valence-electron chi connectivity index (χ0n) is 10.7. The molecule has 0 bridgehead atoms. The van der Waals surface area contributed by atoms with Crippen LogP contribution >= 0.6 is 22.9 Å². The third-order valence-corrected chi connectivity index (χ3v) is 4.04. The molecule has 0 N–H and O–H groups in total. The Labute approximate surface area is 116 Å². The van der Waals surface area contributed by atoms with Gasteiger partial charge in [0, 0.05) is 5.56 Å². The summed E-state index contributed by atoms with van der Waals surface area (Å²) in [5.74, 6) is 0.0346. The first-order valence-electron chi connectivity index (χ1n) is 5.78. The highest BCUT2D eigenvalue weighted by molar-refractivity contribution is 7.18. The molecular weight excluding hydrogens is 264 g/mol. The Morgan fingerprint density at radius 3 is 2.11 bits per heavy atom. The van der Waals surface area contributed by atoms with Crippen molar-refractivity contribution in [3.63, 3.8) is 0 Å². The van der Waals surface area contributed by atoms with E-state index in [0.717, 1.165) is 0 Å². The Bertz CT molecular complexity index is 561. The number of thiophene rings is 1. The topological polar surface area (TPSA) is 17.1 Å². The Kier molecular flexibility index (Phi) is 3.60. The van der Waals surface area contributed by atoms with E-state index < -0.39 is 0 Å². The number of carbonyl (C=O) groups is 1. The van der Waals surface area contributed by atoms with E-state index in [9.17, 15) is 4.79 Å². The number of carbonyl (C=O) groups excluding carboxylic acids is 1. The molecule has 0 aliphatic heterocycles. The summed E-state index contributed by atoms with van der Waals surface area (Å²) < 4.78 is 0.643. The van der Waals surface area contributed by atoms with Gasteiger partial charge in [0.15, 0.2) is 0 Å². The lowest BCUT2D eigenvalue weighted by Crippen LogP contribution is -2.11. The second-order valence-corrected chi connectivity index (χ2v) is 6.98. The first kappa shape index (κ1) is 13.3. The van der Waals surface area contributed by atoms with E-state index in [0.29, 0.717) is 14.8 Å². The molecule has 0 aliphatic carbocycles. The van der Waals surface area contributed by atoms with Gasteiger partial charge in [-0.25, -0.2) is 0 Å². The molecule has 0 amide bonds. The predicted molar refractivity (Wildman–Crippen MR) is 77.9 cm³/mol. The quantitative estimate of drug-likeness (QED) is 0.712. The molecular formula is C15H15ClOS. The normalized spacial score (nSPS) is 11.6. The zero-order valence-corrected chi connectivity index (χ0v) is 12.2. The average molecular weight is 279 g/mol. The molecule has 0 fully saturated rings. The molecule has 1 aromatic heterocycles. The van der Waals surface area contributed by atoms with Crippen molar-refractivity contribution in [1.82, 2.24) is 0 Å². The summed E-state index contributed by atoms with van der Waals surface area (Å²) in [6, 6.07) is 11.3. The van der Waals surface area contributed by atoms with Gasteiger partial charge in [-0.05, 0) is 23.1 Å². The second-order valence-electron chi connectivity index (χ2n) is 5.26. The van der Waals surface area contributed by atoms with Gasteiger partial charge in [0.05, 0.1) is 9.21 Å². The minimum atomic E-state index is 0.0346. The van der Waals surface area contributed by atoms with Gasteiger partial charge in [-0.15, -0.1) is 11.3 Å². The van der Waals surface area contributed by atoms with Crippen LogP contribution in [0.3, 0.4) is 0 Å².